The summed E-state index contributed by atoms with van der Waals surface area (Å²) in [4.78, 5) is 15.0. The van der Waals surface area contributed by atoms with Gasteiger partial charge in [-0.1, -0.05) is 43.2 Å². The number of aryl methyl sites for hydroxylation is 1. The number of hydrogen-bond acceptors (Lipinski definition) is 4. The lowest BCUT2D eigenvalue weighted by Gasteiger charge is -2.28. The molecule has 29 heavy (non-hydrogen) atoms. The van der Waals surface area contributed by atoms with Gasteiger partial charge in [-0.3, -0.25) is 4.79 Å². The second kappa shape index (κ2) is 9.44. The molecule has 0 radical (unpaired) electrons. The zero-order valence-electron chi connectivity index (χ0n) is 17.1. The van der Waals surface area contributed by atoms with Crippen LogP contribution in [0.25, 0.3) is 0 Å². The minimum atomic E-state index is -3.09. The predicted octanol–water partition coefficient (Wildman–Crippen LogP) is 4.00. The van der Waals surface area contributed by atoms with Crippen molar-refractivity contribution < 1.29 is 17.9 Å². The van der Waals surface area contributed by atoms with Gasteiger partial charge in [0.1, 0.15) is 5.75 Å². The highest BCUT2D eigenvalue weighted by Gasteiger charge is 2.35. The Morgan fingerprint density at radius 3 is 2.38 bits per heavy atom. The van der Waals surface area contributed by atoms with E-state index in [0.29, 0.717) is 25.1 Å². The molecule has 1 heterocycles. The topological polar surface area (TPSA) is 63.7 Å². The van der Waals surface area contributed by atoms with E-state index in [1.165, 1.54) is 0 Å². The fourth-order valence-corrected chi connectivity index (χ4v) is 5.20. The maximum Gasteiger partial charge on any atom is 0.254 e. The SMILES string of the molecule is CCCCOc1ccc(C(=O)N(Cc2ccc(C)cc2)C2CCS(=O)(=O)C2)cc1. The quantitative estimate of drug-likeness (QED) is 0.611. The summed E-state index contributed by atoms with van der Waals surface area (Å²) in [6.07, 6.45) is 2.54. The fourth-order valence-electron chi connectivity index (χ4n) is 3.47. The molecule has 1 saturated heterocycles. The molecule has 2 aromatic rings. The summed E-state index contributed by atoms with van der Waals surface area (Å²) in [5, 5.41) is 0. The Morgan fingerprint density at radius 2 is 1.79 bits per heavy atom. The third kappa shape index (κ3) is 5.82. The molecular formula is C23H29NO4S. The van der Waals surface area contributed by atoms with Crippen LogP contribution in [0.4, 0.5) is 0 Å². The number of carbonyl (C=O) groups excluding carboxylic acids is 1. The first-order chi connectivity index (χ1) is 13.9. The molecule has 1 aliphatic rings. The molecule has 1 atom stereocenters. The summed E-state index contributed by atoms with van der Waals surface area (Å²) in [7, 11) is -3.09. The van der Waals surface area contributed by atoms with Gasteiger partial charge in [0.05, 0.1) is 18.1 Å². The van der Waals surface area contributed by atoms with E-state index in [1.807, 2.05) is 31.2 Å². The van der Waals surface area contributed by atoms with E-state index >= 15 is 0 Å². The molecule has 1 amide bonds. The number of carbonyl (C=O) groups is 1. The van der Waals surface area contributed by atoms with E-state index in [4.69, 9.17) is 4.74 Å². The van der Waals surface area contributed by atoms with Crippen molar-refractivity contribution >= 4 is 15.7 Å². The number of rotatable bonds is 8. The summed E-state index contributed by atoms with van der Waals surface area (Å²) in [5.74, 6) is 0.763. The van der Waals surface area contributed by atoms with E-state index in [2.05, 4.69) is 6.92 Å². The number of hydrogen-bond donors (Lipinski definition) is 0. The third-order valence-corrected chi connectivity index (χ3v) is 7.00. The molecule has 1 fully saturated rings. The number of nitrogens with zero attached hydrogens (tertiary/aromatic N) is 1. The van der Waals surface area contributed by atoms with Gasteiger partial charge >= 0.3 is 0 Å². The average Bonchev–Trinajstić information content (AvgIpc) is 3.07. The Hall–Kier alpha value is -2.34. The summed E-state index contributed by atoms with van der Waals surface area (Å²) in [6, 6.07) is 14.8. The van der Waals surface area contributed by atoms with E-state index in [9.17, 15) is 13.2 Å². The van der Waals surface area contributed by atoms with E-state index < -0.39 is 9.84 Å². The van der Waals surface area contributed by atoms with Crippen LogP contribution in [0.5, 0.6) is 5.75 Å². The number of ether oxygens (including phenoxy) is 1. The molecule has 0 N–H and O–H groups in total. The molecule has 156 valence electrons. The largest absolute Gasteiger partial charge is 0.494 e. The second-order valence-electron chi connectivity index (χ2n) is 7.70. The maximum absolute atomic E-state index is 13.3. The first kappa shape index (κ1) is 21.4. The van der Waals surface area contributed by atoms with Gasteiger partial charge in [0, 0.05) is 18.2 Å². The minimum absolute atomic E-state index is 0.0306. The van der Waals surface area contributed by atoms with Crippen LogP contribution in [-0.4, -0.2) is 43.4 Å². The molecule has 0 saturated carbocycles. The highest BCUT2D eigenvalue weighted by molar-refractivity contribution is 7.91. The Kier molecular flexibility index (Phi) is 6.96. The molecule has 2 aromatic carbocycles. The van der Waals surface area contributed by atoms with Crippen molar-refractivity contribution in [3.05, 3.63) is 65.2 Å². The fraction of sp³-hybridized carbons (Fsp3) is 0.435. The van der Waals surface area contributed by atoms with Gasteiger partial charge in [0.25, 0.3) is 5.91 Å². The average molecular weight is 416 g/mol. The molecule has 5 nitrogen and oxygen atoms in total. The monoisotopic (exact) mass is 415 g/mol. The van der Waals surface area contributed by atoms with Crippen LogP contribution in [0.15, 0.2) is 48.5 Å². The highest BCUT2D eigenvalue weighted by atomic mass is 32.2. The molecule has 0 bridgehead atoms. The van der Waals surface area contributed by atoms with Crippen LogP contribution in [-0.2, 0) is 16.4 Å². The van der Waals surface area contributed by atoms with Gasteiger partial charge in [-0.2, -0.15) is 0 Å². The lowest BCUT2D eigenvalue weighted by molar-refractivity contribution is 0.0681. The van der Waals surface area contributed by atoms with Crippen molar-refractivity contribution in [2.45, 2.75) is 45.7 Å². The number of unbranched alkanes of at least 4 members (excludes halogenated alkanes) is 1. The maximum atomic E-state index is 13.3. The number of benzene rings is 2. The van der Waals surface area contributed by atoms with Gasteiger partial charge in [-0.25, -0.2) is 8.42 Å². The summed E-state index contributed by atoms with van der Waals surface area (Å²) >= 11 is 0. The Labute approximate surface area is 173 Å². The summed E-state index contributed by atoms with van der Waals surface area (Å²) in [6.45, 7) is 5.18. The van der Waals surface area contributed by atoms with Crippen LogP contribution in [0, 0.1) is 6.92 Å². The number of amides is 1. The van der Waals surface area contributed by atoms with Gasteiger partial charge in [-0.05, 0) is 49.6 Å². The number of sulfone groups is 1. The van der Waals surface area contributed by atoms with Crippen molar-refractivity contribution in [3.8, 4) is 5.75 Å². The summed E-state index contributed by atoms with van der Waals surface area (Å²) < 4.78 is 29.7. The van der Waals surface area contributed by atoms with Crippen molar-refractivity contribution in [1.29, 1.82) is 0 Å². The zero-order valence-corrected chi connectivity index (χ0v) is 18.0. The smallest absolute Gasteiger partial charge is 0.254 e. The van der Waals surface area contributed by atoms with Crippen molar-refractivity contribution in [2.24, 2.45) is 0 Å². The summed E-state index contributed by atoms with van der Waals surface area (Å²) in [5.41, 5.74) is 2.69. The van der Waals surface area contributed by atoms with E-state index in [1.54, 1.807) is 29.2 Å². The minimum Gasteiger partial charge on any atom is -0.494 e. The van der Waals surface area contributed by atoms with Crippen LogP contribution in [0.1, 0.15) is 47.7 Å². The third-order valence-electron chi connectivity index (χ3n) is 5.25. The zero-order chi connectivity index (χ0) is 20.9. The first-order valence-electron chi connectivity index (χ1n) is 10.2. The molecule has 6 heteroatoms. The predicted molar refractivity (Wildman–Crippen MR) is 115 cm³/mol. The van der Waals surface area contributed by atoms with Crippen LogP contribution in [0.3, 0.4) is 0 Å². The van der Waals surface area contributed by atoms with Crippen molar-refractivity contribution in [1.82, 2.24) is 4.90 Å². The highest BCUT2D eigenvalue weighted by Crippen LogP contribution is 2.23. The standard InChI is InChI=1S/C23H29NO4S/c1-3-4-14-28-22-11-9-20(10-12-22)23(25)24(21-13-15-29(26,27)17-21)16-19-7-5-18(2)6-8-19/h5-12,21H,3-4,13-17H2,1-2H3. The molecule has 0 spiro atoms. The lowest BCUT2D eigenvalue weighted by atomic mass is 10.1. The van der Waals surface area contributed by atoms with Crippen molar-refractivity contribution in [2.75, 3.05) is 18.1 Å². The molecule has 0 aliphatic carbocycles. The second-order valence-corrected chi connectivity index (χ2v) is 9.93. The van der Waals surface area contributed by atoms with Gasteiger partial charge in [-0.15, -0.1) is 0 Å². The first-order valence-corrected chi connectivity index (χ1v) is 12.0. The van der Waals surface area contributed by atoms with Gasteiger partial charge in [0.2, 0.25) is 0 Å². The Balaban J connectivity index is 1.79. The molecule has 1 unspecified atom stereocenters. The van der Waals surface area contributed by atoms with Gasteiger partial charge in [0.15, 0.2) is 9.84 Å². The van der Waals surface area contributed by atoms with E-state index in [-0.39, 0.29) is 23.5 Å². The molecule has 0 aromatic heterocycles. The van der Waals surface area contributed by atoms with E-state index in [0.717, 1.165) is 29.7 Å². The molecule has 3 rings (SSSR count). The van der Waals surface area contributed by atoms with Crippen molar-refractivity contribution in [3.63, 3.8) is 0 Å². The van der Waals surface area contributed by atoms with Crippen LogP contribution < -0.4 is 4.74 Å². The van der Waals surface area contributed by atoms with Crippen LogP contribution in [0.2, 0.25) is 0 Å². The van der Waals surface area contributed by atoms with Gasteiger partial charge < -0.3 is 9.64 Å². The normalized spacial score (nSPS) is 17.8. The lowest BCUT2D eigenvalue weighted by Crippen LogP contribution is -2.40. The molecular weight excluding hydrogens is 386 g/mol. The Morgan fingerprint density at radius 1 is 1.10 bits per heavy atom. The van der Waals surface area contributed by atoms with Crippen LogP contribution >= 0.6 is 0 Å². The Bertz CT molecular complexity index is 920. The molecule has 1 aliphatic heterocycles.